The van der Waals surface area contributed by atoms with E-state index >= 15 is 0 Å². The second-order valence-corrected chi connectivity index (χ2v) is 8.16. The Morgan fingerprint density at radius 2 is 2.10 bits per heavy atom. The van der Waals surface area contributed by atoms with Crippen LogP contribution < -0.4 is 10.6 Å². The van der Waals surface area contributed by atoms with Crippen LogP contribution >= 0.6 is 0 Å². The fraction of sp³-hybridized carbons (Fsp3) is 0.619. The molecule has 0 radical (unpaired) electrons. The van der Waals surface area contributed by atoms with E-state index in [-0.39, 0.29) is 30.4 Å². The molecular formula is C21H34N6O3. The highest BCUT2D eigenvalue weighted by Crippen LogP contribution is 2.35. The summed E-state index contributed by atoms with van der Waals surface area (Å²) in [6.45, 7) is 8.80. The van der Waals surface area contributed by atoms with Crippen molar-refractivity contribution in [3.05, 3.63) is 29.7 Å². The minimum Gasteiger partial charge on any atom is -0.465 e. The molecule has 0 bridgehead atoms. The van der Waals surface area contributed by atoms with Gasteiger partial charge >= 0.3 is 0 Å². The molecule has 166 valence electrons. The number of nitrogens with zero attached hydrogens (tertiary/aromatic N) is 3. The second kappa shape index (κ2) is 11.5. The van der Waals surface area contributed by atoms with Gasteiger partial charge in [-0.1, -0.05) is 13.8 Å². The van der Waals surface area contributed by atoms with Gasteiger partial charge in [0, 0.05) is 36.0 Å². The van der Waals surface area contributed by atoms with Gasteiger partial charge in [-0.15, -0.1) is 0 Å². The first-order valence-electron chi connectivity index (χ1n) is 10.5. The molecule has 3 N–H and O–H groups in total. The lowest BCUT2D eigenvalue weighted by Crippen LogP contribution is -2.15. The quantitative estimate of drug-likeness (QED) is 0.568. The molecule has 1 saturated carbocycles. The van der Waals surface area contributed by atoms with Crippen LogP contribution in [0.25, 0.3) is 0 Å². The van der Waals surface area contributed by atoms with Gasteiger partial charge in [-0.3, -0.25) is 19.4 Å². The van der Waals surface area contributed by atoms with E-state index in [0.29, 0.717) is 18.3 Å². The van der Waals surface area contributed by atoms with E-state index < -0.39 is 0 Å². The summed E-state index contributed by atoms with van der Waals surface area (Å²) in [6.07, 6.45) is 6.39. The van der Waals surface area contributed by atoms with E-state index in [0.717, 1.165) is 30.5 Å². The Morgan fingerprint density at radius 3 is 2.70 bits per heavy atom. The van der Waals surface area contributed by atoms with Crippen molar-refractivity contribution >= 4 is 18.2 Å². The SMILES string of the molecule is CC(C)n1cc(CC(=O)Nc2cc(C3CCC(OC=O)C3)[nH]n2)cn1.CNC(C)C. The highest BCUT2D eigenvalue weighted by Gasteiger charge is 2.28. The molecule has 9 heteroatoms. The first-order chi connectivity index (χ1) is 14.3. The molecule has 2 unspecified atom stereocenters. The number of H-pyrrole nitrogens is 1. The average molecular weight is 419 g/mol. The third-order valence-electron chi connectivity index (χ3n) is 5.06. The number of aromatic amines is 1. The number of ether oxygens (including phenoxy) is 1. The molecule has 1 amide bonds. The van der Waals surface area contributed by atoms with Gasteiger partial charge in [0.2, 0.25) is 5.91 Å². The van der Waals surface area contributed by atoms with Crippen LogP contribution in [-0.4, -0.2) is 51.6 Å². The maximum atomic E-state index is 12.2. The number of nitrogens with one attached hydrogen (secondary N) is 3. The summed E-state index contributed by atoms with van der Waals surface area (Å²) < 4.78 is 6.85. The number of anilines is 1. The van der Waals surface area contributed by atoms with Crippen molar-refractivity contribution in [2.75, 3.05) is 12.4 Å². The van der Waals surface area contributed by atoms with Gasteiger partial charge in [0.1, 0.15) is 6.10 Å². The summed E-state index contributed by atoms with van der Waals surface area (Å²) in [5.74, 6) is 0.651. The first-order valence-corrected chi connectivity index (χ1v) is 10.5. The van der Waals surface area contributed by atoms with E-state index in [2.05, 4.69) is 39.8 Å². The van der Waals surface area contributed by atoms with E-state index in [1.807, 2.05) is 37.8 Å². The van der Waals surface area contributed by atoms with Crippen molar-refractivity contribution < 1.29 is 14.3 Å². The summed E-state index contributed by atoms with van der Waals surface area (Å²) in [6, 6.07) is 2.75. The van der Waals surface area contributed by atoms with E-state index in [9.17, 15) is 9.59 Å². The van der Waals surface area contributed by atoms with Crippen molar-refractivity contribution in [2.24, 2.45) is 0 Å². The summed E-state index contributed by atoms with van der Waals surface area (Å²) in [5, 5.41) is 17.2. The minimum absolute atomic E-state index is 0.0265. The molecule has 0 saturated heterocycles. The number of rotatable bonds is 8. The zero-order valence-electron chi connectivity index (χ0n) is 18.5. The Morgan fingerprint density at radius 1 is 1.37 bits per heavy atom. The lowest BCUT2D eigenvalue weighted by atomic mass is 10.0. The molecular weight excluding hydrogens is 384 g/mol. The molecule has 3 rings (SSSR count). The standard InChI is InChI=1S/C17H23N5O3.C4H11N/c1-11(2)22-9-12(8-18-22)5-17(24)19-16-7-15(20-21-16)13-3-4-14(6-13)25-10-23;1-4(2)5-3/h7-11,13-14H,3-6H2,1-2H3,(H2,19,20,21,24);4-5H,1-3H3. The summed E-state index contributed by atoms with van der Waals surface area (Å²) in [5.41, 5.74) is 1.83. The van der Waals surface area contributed by atoms with E-state index in [4.69, 9.17) is 4.74 Å². The average Bonchev–Trinajstić information content (AvgIpc) is 3.43. The van der Waals surface area contributed by atoms with Crippen molar-refractivity contribution in [3.8, 4) is 0 Å². The number of hydrogen-bond acceptors (Lipinski definition) is 6. The van der Waals surface area contributed by atoms with E-state index in [1.165, 1.54) is 0 Å². The molecule has 2 aromatic rings. The fourth-order valence-electron chi connectivity index (χ4n) is 3.16. The molecule has 9 nitrogen and oxygen atoms in total. The van der Waals surface area contributed by atoms with Gasteiger partial charge in [-0.25, -0.2) is 0 Å². The van der Waals surface area contributed by atoms with Crippen LogP contribution in [-0.2, 0) is 20.7 Å². The minimum atomic E-state index is -0.130. The van der Waals surface area contributed by atoms with Gasteiger partial charge in [0.15, 0.2) is 5.82 Å². The van der Waals surface area contributed by atoms with Crippen LogP contribution in [0, 0.1) is 0 Å². The van der Waals surface area contributed by atoms with Gasteiger partial charge in [0.25, 0.3) is 6.47 Å². The van der Waals surface area contributed by atoms with Crippen LogP contribution in [0.3, 0.4) is 0 Å². The van der Waals surface area contributed by atoms with Gasteiger partial charge < -0.3 is 15.4 Å². The van der Waals surface area contributed by atoms with Crippen LogP contribution in [0.1, 0.15) is 70.2 Å². The van der Waals surface area contributed by atoms with Crippen molar-refractivity contribution in [3.63, 3.8) is 0 Å². The molecule has 2 heterocycles. The molecule has 2 aromatic heterocycles. The van der Waals surface area contributed by atoms with Crippen molar-refractivity contribution in [1.29, 1.82) is 0 Å². The zero-order chi connectivity index (χ0) is 22.1. The summed E-state index contributed by atoms with van der Waals surface area (Å²) >= 11 is 0. The molecule has 1 aliphatic rings. The van der Waals surface area contributed by atoms with Crippen LogP contribution in [0.5, 0.6) is 0 Å². The Kier molecular flexibility index (Phi) is 9.04. The monoisotopic (exact) mass is 418 g/mol. The molecule has 0 aromatic carbocycles. The first kappa shape index (κ1) is 23.6. The Labute approximate surface area is 178 Å². The Hall–Kier alpha value is -2.68. The number of amides is 1. The number of carbonyl (C=O) groups is 2. The summed E-state index contributed by atoms with van der Waals surface area (Å²) in [7, 11) is 1.95. The van der Waals surface area contributed by atoms with Gasteiger partial charge in [-0.05, 0) is 45.7 Å². The predicted octanol–water partition coefficient (Wildman–Crippen LogP) is 2.79. The molecule has 2 atom stereocenters. The normalized spacial score (nSPS) is 18.2. The number of aromatic nitrogens is 4. The topological polar surface area (TPSA) is 114 Å². The number of carbonyl (C=O) groups excluding carboxylic acids is 2. The zero-order valence-corrected chi connectivity index (χ0v) is 18.5. The lowest BCUT2D eigenvalue weighted by Gasteiger charge is -2.07. The van der Waals surface area contributed by atoms with E-state index in [1.54, 1.807) is 6.20 Å². The molecule has 0 aliphatic heterocycles. The Balaban J connectivity index is 0.000000575. The maximum absolute atomic E-state index is 12.2. The maximum Gasteiger partial charge on any atom is 0.293 e. The van der Waals surface area contributed by atoms with Crippen LogP contribution in [0.15, 0.2) is 18.5 Å². The fourth-order valence-corrected chi connectivity index (χ4v) is 3.16. The molecule has 1 aliphatic carbocycles. The largest absolute Gasteiger partial charge is 0.465 e. The van der Waals surface area contributed by atoms with Crippen LogP contribution in [0.4, 0.5) is 5.82 Å². The molecule has 1 fully saturated rings. The number of hydrogen-bond donors (Lipinski definition) is 3. The smallest absolute Gasteiger partial charge is 0.293 e. The molecule has 30 heavy (non-hydrogen) atoms. The van der Waals surface area contributed by atoms with Crippen molar-refractivity contribution in [2.45, 2.75) is 77.5 Å². The molecule has 0 spiro atoms. The Bertz CT molecular complexity index is 798. The third kappa shape index (κ3) is 7.29. The summed E-state index contributed by atoms with van der Waals surface area (Å²) in [4.78, 5) is 22.6. The predicted molar refractivity (Wildman–Crippen MR) is 115 cm³/mol. The third-order valence-corrected chi connectivity index (χ3v) is 5.06. The van der Waals surface area contributed by atoms with Gasteiger partial charge in [-0.2, -0.15) is 10.2 Å². The second-order valence-electron chi connectivity index (χ2n) is 8.16. The lowest BCUT2D eigenvalue weighted by molar-refractivity contribution is -0.133. The van der Waals surface area contributed by atoms with Crippen LogP contribution in [0.2, 0.25) is 0 Å². The highest BCUT2D eigenvalue weighted by atomic mass is 16.5. The highest BCUT2D eigenvalue weighted by molar-refractivity contribution is 5.91. The van der Waals surface area contributed by atoms with Gasteiger partial charge in [0.05, 0.1) is 12.6 Å². The van der Waals surface area contributed by atoms with Crippen molar-refractivity contribution in [1.82, 2.24) is 25.3 Å².